The third-order valence-electron chi connectivity index (χ3n) is 8.53. The minimum absolute atomic E-state index is 0.0344. The Morgan fingerprint density at radius 3 is 2.54 bits per heavy atom. The summed E-state index contributed by atoms with van der Waals surface area (Å²) in [5.41, 5.74) is 0. The van der Waals surface area contributed by atoms with Crippen molar-refractivity contribution in [1.29, 1.82) is 0 Å². The van der Waals surface area contributed by atoms with Crippen LogP contribution < -0.4 is 0 Å². The van der Waals surface area contributed by atoms with Crippen LogP contribution in [0.3, 0.4) is 0 Å². The van der Waals surface area contributed by atoms with Gasteiger partial charge in [-0.25, -0.2) is 0 Å². The van der Waals surface area contributed by atoms with Crippen molar-refractivity contribution in [2.24, 2.45) is 17.8 Å². The van der Waals surface area contributed by atoms with Crippen LogP contribution in [0.15, 0.2) is 25.3 Å². The van der Waals surface area contributed by atoms with E-state index < -0.39 is 28.7 Å². The van der Waals surface area contributed by atoms with Gasteiger partial charge in [-0.15, -0.1) is 18.3 Å². The van der Waals surface area contributed by atoms with Crippen molar-refractivity contribution in [3.05, 3.63) is 25.3 Å². The maximum Gasteiger partial charge on any atom is 0.311 e. The first-order chi connectivity index (χ1) is 16.8. The number of hydrogen-bond donors (Lipinski definition) is 1. The molecule has 4 fully saturated rings. The molecule has 0 aromatic rings. The molecule has 1 N–H and O–H groups in total. The lowest BCUT2D eigenvalue weighted by Crippen LogP contribution is -2.60. The van der Waals surface area contributed by atoms with Gasteiger partial charge >= 0.3 is 5.97 Å². The number of likely N-dealkylation sites (tertiary alicyclic amines) is 1. The smallest absolute Gasteiger partial charge is 0.311 e. The molecule has 3 aliphatic heterocycles. The van der Waals surface area contributed by atoms with Crippen molar-refractivity contribution in [2.45, 2.75) is 86.9 Å². The number of aliphatic hydroxyl groups excluding tert-OH is 1. The molecular formula is C27H40N2O5S. The van der Waals surface area contributed by atoms with Crippen molar-refractivity contribution < 1.29 is 24.2 Å². The standard InChI is InChI=1S/C27H40N2O5S/c1-5-14-28(18-10-8-7-9-11-18)25(32)23-27-13-12-20(35-27)21(26(33)34-15-6-2)22(27)24(31)29(23)19(16-30)17(3)4/h5-6,17-23,30H,1-2,7-16H2,3-4H3/t19-,20-,21+,22-,23?,27?/m0/s1. The first-order valence-electron chi connectivity index (χ1n) is 13.1. The van der Waals surface area contributed by atoms with E-state index in [0.29, 0.717) is 13.0 Å². The van der Waals surface area contributed by atoms with Crippen molar-refractivity contribution >= 4 is 29.5 Å². The van der Waals surface area contributed by atoms with Crippen LogP contribution in [0.5, 0.6) is 0 Å². The summed E-state index contributed by atoms with van der Waals surface area (Å²) < 4.78 is 4.75. The Labute approximate surface area is 213 Å². The number of ether oxygens (including phenoxy) is 1. The molecule has 1 aliphatic carbocycles. The van der Waals surface area contributed by atoms with Gasteiger partial charge in [0.05, 0.1) is 29.2 Å². The van der Waals surface area contributed by atoms with E-state index in [1.54, 1.807) is 22.7 Å². The fourth-order valence-electron chi connectivity index (χ4n) is 6.96. The highest BCUT2D eigenvalue weighted by atomic mass is 32.2. The van der Waals surface area contributed by atoms with Gasteiger partial charge in [-0.2, -0.15) is 0 Å². The topological polar surface area (TPSA) is 87.2 Å². The first-order valence-corrected chi connectivity index (χ1v) is 14.0. The lowest BCUT2D eigenvalue weighted by atomic mass is 9.71. The predicted octanol–water partition coefficient (Wildman–Crippen LogP) is 3.17. The number of rotatable bonds is 10. The minimum Gasteiger partial charge on any atom is -0.461 e. The quantitative estimate of drug-likeness (QED) is 0.363. The summed E-state index contributed by atoms with van der Waals surface area (Å²) in [5.74, 6) is -1.84. The molecule has 2 unspecified atom stereocenters. The average Bonchev–Trinajstić information content (AvgIpc) is 3.49. The molecule has 8 heteroatoms. The van der Waals surface area contributed by atoms with Gasteiger partial charge < -0.3 is 19.6 Å². The summed E-state index contributed by atoms with van der Waals surface area (Å²) >= 11 is 1.64. The molecular weight excluding hydrogens is 464 g/mol. The highest BCUT2D eigenvalue weighted by Gasteiger charge is 2.75. The highest BCUT2D eigenvalue weighted by molar-refractivity contribution is 8.02. The van der Waals surface area contributed by atoms with E-state index >= 15 is 0 Å². The maximum absolute atomic E-state index is 14.5. The number of carbonyl (C=O) groups excluding carboxylic acids is 3. The van der Waals surface area contributed by atoms with E-state index in [9.17, 15) is 19.5 Å². The zero-order chi connectivity index (χ0) is 25.3. The maximum atomic E-state index is 14.5. The largest absolute Gasteiger partial charge is 0.461 e. The SMILES string of the molecule is C=CCOC(=O)[C@@H]1[C@@H]2CCC3(S2)C(C(=O)N(CC=C)C2CCCCC2)N([C@@H](CO)C(C)C)C(=O)[C@H]13. The Morgan fingerprint density at radius 1 is 1.23 bits per heavy atom. The van der Waals surface area contributed by atoms with E-state index in [2.05, 4.69) is 13.2 Å². The molecule has 0 radical (unpaired) electrons. The molecule has 35 heavy (non-hydrogen) atoms. The zero-order valence-corrected chi connectivity index (χ0v) is 21.9. The number of thioether (sulfide) groups is 1. The number of carbonyl (C=O) groups is 3. The number of aliphatic hydroxyl groups is 1. The second-order valence-corrected chi connectivity index (χ2v) is 12.4. The Bertz CT molecular complexity index is 857. The highest BCUT2D eigenvalue weighted by Crippen LogP contribution is 2.67. The van der Waals surface area contributed by atoms with Crippen LogP contribution in [0.1, 0.15) is 58.8 Å². The van der Waals surface area contributed by atoms with Crippen LogP contribution in [0.2, 0.25) is 0 Å². The summed E-state index contributed by atoms with van der Waals surface area (Å²) in [5, 5.41) is 10.3. The van der Waals surface area contributed by atoms with Gasteiger partial charge in [0, 0.05) is 17.8 Å². The molecule has 194 valence electrons. The monoisotopic (exact) mass is 504 g/mol. The number of nitrogens with zero attached hydrogens (tertiary/aromatic N) is 2. The molecule has 0 aromatic heterocycles. The fourth-order valence-corrected chi connectivity index (χ4v) is 9.15. The summed E-state index contributed by atoms with van der Waals surface area (Å²) in [6, 6.07) is -1.06. The van der Waals surface area contributed by atoms with Crippen molar-refractivity contribution in [1.82, 2.24) is 9.80 Å². The summed E-state index contributed by atoms with van der Waals surface area (Å²) in [6.07, 6.45) is 10.0. The number of esters is 1. The molecule has 3 saturated heterocycles. The molecule has 7 nitrogen and oxygen atoms in total. The normalized spacial score (nSPS) is 33.0. The molecule has 4 aliphatic rings. The minimum atomic E-state index is -0.700. The molecule has 1 saturated carbocycles. The van der Waals surface area contributed by atoms with Gasteiger partial charge in [0.2, 0.25) is 11.8 Å². The second kappa shape index (κ2) is 10.7. The van der Waals surface area contributed by atoms with Crippen molar-refractivity contribution in [3.63, 3.8) is 0 Å². The number of hydrogen-bond acceptors (Lipinski definition) is 6. The number of amides is 2. The van der Waals surface area contributed by atoms with E-state index in [1.807, 2.05) is 18.7 Å². The van der Waals surface area contributed by atoms with Crippen LogP contribution in [0, 0.1) is 17.8 Å². The summed E-state index contributed by atoms with van der Waals surface area (Å²) in [6.45, 7) is 11.8. The summed E-state index contributed by atoms with van der Waals surface area (Å²) in [4.78, 5) is 45.3. The van der Waals surface area contributed by atoms with Gasteiger partial charge in [0.1, 0.15) is 12.6 Å². The Hall–Kier alpha value is -1.80. The molecule has 4 rings (SSSR count). The Balaban J connectivity index is 1.76. The number of fused-ring (bicyclic) bond motifs is 1. The van der Waals surface area contributed by atoms with Crippen LogP contribution in [-0.4, -0.2) is 80.6 Å². The molecule has 0 aromatic carbocycles. The Kier molecular flexibility index (Phi) is 8.01. The van der Waals surface area contributed by atoms with Gasteiger partial charge in [-0.1, -0.05) is 51.8 Å². The van der Waals surface area contributed by atoms with E-state index in [1.165, 1.54) is 12.5 Å². The fraction of sp³-hybridized carbons (Fsp3) is 0.741. The van der Waals surface area contributed by atoms with E-state index in [0.717, 1.165) is 32.1 Å². The second-order valence-electron chi connectivity index (χ2n) is 10.8. The predicted molar refractivity (Wildman–Crippen MR) is 137 cm³/mol. The average molecular weight is 505 g/mol. The van der Waals surface area contributed by atoms with Crippen LogP contribution in [0.25, 0.3) is 0 Å². The molecule has 2 bridgehead atoms. The first kappa shape index (κ1) is 26.3. The van der Waals surface area contributed by atoms with Gasteiger partial charge in [-0.3, -0.25) is 14.4 Å². The molecule has 1 spiro atoms. The van der Waals surface area contributed by atoms with Crippen LogP contribution >= 0.6 is 11.8 Å². The molecule has 2 amide bonds. The van der Waals surface area contributed by atoms with Gasteiger partial charge in [-0.05, 0) is 31.6 Å². The third kappa shape index (κ3) is 4.35. The van der Waals surface area contributed by atoms with Crippen LogP contribution in [-0.2, 0) is 19.1 Å². The van der Waals surface area contributed by atoms with Crippen molar-refractivity contribution in [2.75, 3.05) is 19.8 Å². The lowest BCUT2D eigenvalue weighted by molar-refractivity contribution is -0.154. The zero-order valence-electron chi connectivity index (χ0n) is 21.1. The van der Waals surface area contributed by atoms with Gasteiger partial charge in [0.25, 0.3) is 0 Å². The van der Waals surface area contributed by atoms with Gasteiger partial charge in [0.15, 0.2) is 0 Å². The Morgan fingerprint density at radius 2 is 1.94 bits per heavy atom. The summed E-state index contributed by atoms with van der Waals surface area (Å²) in [7, 11) is 0. The van der Waals surface area contributed by atoms with E-state index in [4.69, 9.17) is 4.74 Å². The molecule has 3 heterocycles. The molecule has 6 atom stereocenters. The van der Waals surface area contributed by atoms with E-state index in [-0.39, 0.29) is 48.2 Å². The third-order valence-corrected chi connectivity index (χ3v) is 10.5. The van der Waals surface area contributed by atoms with Crippen molar-refractivity contribution in [3.8, 4) is 0 Å². The lowest BCUT2D eigenvalue weighted by Gasteiger charge is -2.43. The van der Waals surface area contributed by atoms with Crippen LogP contribution in [0.4, 0.5) is 0 Å².